The highest BCUT2D eigenvalue weighted by Crippen LogP contribution is 2.30. The van der Waals surface area contributed by atoms with Crippen LogP contribution in [0.15, 0.2) is 53.2 Å². The fourth-order valence-corrected chi connectivity index (χ4v) is 3.12. The lowest BCUT2D eigenvalue weighted by atomic mass is 10.1. The van der Waals surface area contributed by atoms with Gasteiger partial charge >= 0.3 is 0 Å². The van der Waals surface area contributed by atoms with Crippen molar-refractivity contribution in [3.63, 3.8) is 0 Å². The lowest BCUT2D eigenvalue weighted by Gasteiger charge is -2.16. The highest BCUT2D eigenvalue weighted by molar-refractivity contribution is 6.31. The van der Waals surface area contributed by atoms with Crippen molar-refractivity contribution < 1.29 is 9.32 Å². The normalized spacial score (nSPS) is 17.2. The van der Waals surface area contributed by atoms with E-state index in [0.717, 1.165) is 5.56 Å². The van der Waals surface area contributed by atoms with Crippen molar-refractivity contribution in [2.24, 2.45) is 0 Å². The zero-order chi connectivity index (χ0) is 17.2. The number of carbonyl (C=O) groups is 1. The molecule has 1 unspecified atom stereocenters. The third-order valence-corrected chi connectivity index (χ3v) is 4.59. The van der Waals surface area contributed by atoms with Crippen LogP contribution in [0.2, 0.25) is 5.02 Å². The lowest BCUT2D eigenvalue weighted by molar-refractivity contribution is -0.128. The summed E-state index contributed by atoms with van der Waals surface area (Å²) in [6, 6.07) is 13.0. The Bertz CT molecular complexity index is 897. The number of rotatable bonds is 4. The summed E-state index contributed by atoms with van der Waals surface area (Å²) in [5.74, 6) is 0.853. The Morgan fingerprint density at radius 1 is 1.20 bits per heavy atom. The molecule has 1 aliphatic heterocycles. The fourth-order valence-electron chi connectivity index (χ4n) is 2.92. The summed E-state index contributed by atoms with van der Waals surface area (Å²) in [6.45, 7) is 1.02. The molecule has 0 saturated carbocycles. The van der Waals surface area contributed by atoms with E-state index in [1.165, 1.54) is 0 Å². The van der Waals surface area contributed by atoms with Crippen LogP contribution in [0.3, 0.4) is 0 Å². The first-order chi connectivity index (χ1) is 12.2. The SMILES string of the molecule is O=C1CC(c2nc(-c3ccccn3)no2)CN1Cc1ccccc1Cl. The molecule has 0 aliphatic carbocycles. The number of aromatic nitrogens is 3. The second kappa shape index (κ2) is 6.64. The van der Waals surface area contributed by atoms with E-state index in [9.17, 15) is 4.79 Å². The Kier molecular flexibility index (Phi) is 4.19. The second-order valence-electron chi connectivity index (χ2n) is 5.94. The van der Waals surface area contributed by atoms with Gasteiger partial charge in [0.2, 0.25) is 17.6 Å². The standard InChI is InChI=1S/C18H15ClN4O2/c19-14-6-2-1-5-12(14)10-23-11-13(9-16(23)24)18-21-17(22-25-18)15-7-3-4-8-20-15/h1-8,13H,9-11H2. The van der Waals surface area contributed by atoms with Crippen LogP contribution in [0.25, 0.3) is 11.5 Å². The molecule has 126 valence electrons. The van der Waals surface area contributed by atoms with E-state index in [1.54, 1.807) is 11.1 Å². The number of amides is 1. The van der Waals surface area contributed by atoms with Gasteiger partial charge in [0, 0.05) is 30.7 Å². The van der Waals surface area contributed by atoms with E-state index < -0.39 is 0 Å². The number of hydrogen-bond donors (Lipinski definition) is 0. The van der Waals surface area contributed by atoms with Gasteiger partial charge in [-0.25, -0.2) is 0 Å². The largest absolute Gasteiger partial charge is 0.339 e. The van der Waals surface area contributed by atoms with Crippen LogP contribution in [0, 0.1) is 0 Å². The smallest absolute Gasteiger partial charge is 0.232 e. The van der Waals surface area contributed by atoms with Gasteiger partial charge in [-0.15, -0.1) is 0 Å². The Hall–Kier alpha value is -2.73. The number of nitrogens with zero attached hydrogens (tertiary/aromatic N) is 4. The zero-order valence-electron chi connectivity index (χ0n) is 13.3. The van der Waals surface area contributed by atoms with Crippen LogP contribution in [0.4, 0.5) is 0 Å². The van der Waals surface area contributed by atoms with Crippen LogP contribution in [-0.4, -0.2) is 32.5 Å². The van der Waals surface area contributed by atoms with Crippen molar-refractivity contribution in [2.75, 3.05) is 6.54 Å². The predicted molar refractivity (Wildman–Crippen MR) is 91.8 cm³/mol. The van der Waals surface area contributed by atoms with Crippen molar-refractivity contribution in [3.05, 3.63) is 65.1 Å². The van der Waals surface area contributed by atoms with Gasteiger partial charge in [0.05, 0.1) is 5.92 Å². The quantitative estimate of drug-likeness (QED) is 0.718. The molecule has 1 aliphatic rings. The average Bonchev–Trinajstić information content (AvgIpc) is 3.25. The molecular formula is C18H15ClN4O2. The summed E-state index contributed by atoms with van der Waals surface area (Å²) < 4.78 is 5.37. The Balaban J connectivity index is 1.49. The lowest BCUT2D eigenvalue weighted by Crippen LogP contribution is -2.24. The predicted octanol–water partition coefficient (Wildman–Crippen LogP) is 3.30. The van der Waals surface area contributed by atoms with Gasteiger partial charge < -0.3 is 9.42 Å². The monoisotopic (exact) mass is 354 g/mol. The molecule has 1 aromatic carbocycles. The molecule has 0 spiro atoms. The maximum atomic E-state index is 12.3. The number of benzene rings is 1. The molecule has 3 aromatic rings. The van der Waals surface area contributed by atoms with Gasteiger partial charge in [-0.2, -0.15) is 4.98 Å². The minimum atomic E-state index is -0.111. The summed E-state index contributed by atoms with van der Waals surface area (Å²) >= 11 is 6.19. The molecular weight excluding hydrogens is 340 g/mol. The molecule has 25 heavy (non-hydrogen) atoms. The molecule has 1 amide bonds. The van der Waals surface area contributed by atoms with E-state index in [4.69, 9.17) is 16.1 Å². The van der Waals surface area contributed by atoms with Crippen LogP contribution >= 0.6 is 11.6 Å². The number of pyridine rings is 1. The van der Waals surface area contributed by atoms with Crippen LogP contribution < -0.4 is 0 Å². The molecule has 4 rings (SSSR count). The molecule has 2 aromatic heterocycles. The Labute approximate surface area is 149 Å². The summed E-state index contributed by atoms with van der Waals surface area (Å²) in [6.07, 6.45) is 2.03. The van der Waals surface area contributed by atoms with Crippen molar-refractivity contribution in [1.82, 2.24) is 20.0 Å². The van der Waals surface area contributed by atoms with Gasteiger partial charge in [0.1, 0.15) is 5.69 Å². The maximum Gasteiger partial charge on any atom is 0.232 e. The van der Waals surface area contributed by atoms with Crippen molar-refractivity contribution in [1.29, 1.82) is 0 Å². The van der Waals surface area contributed by atoms with Crippen molar-refractivity contribution >= 4 is 17.5 Å². The molecule has 6 nitrogen and oxygen atoms in total. The van der Waals surface area contributed by atoms with E-state index in [0.29, 0.717) is 41.9 Å². The minimum absolute atomic E-state index is 0.0579. The highest BCUT2D eigenvalue weighted by atomic mass is 35.5. The summed E-state index contributed by atoms with van der Waals surface area (Å²) in [5.41, 5.74) is 1.58. The van der Waals surface area contributed by atoms with Crippen LogP contribution in [-0.2, 0) is 11.3 Å². The molecule has 1 atom stereocenters. The van der Waals surface area contributed by atoms with Gasteiger partial charge in [0.25, 0.3) is 0 Å². The molecule has 1 fully saturated rings. The fraction of sp³-hybridized carbons (Fsp3) is 0.222. The van der Waals surface area contributed by atoms with Gasteiger partial charge in [0.15, 0.2) is 0 Å². The summed E-state index contributed by atoms with van der Waals surface area (Å²) in [5, 5.41) is 4.64. The average molecular weight is 355 g/mol. The van der Waals surface area contributed by atoms with Crippen LogP contribution in [0.1, 0.15) is 23.8 Å². The topological polar surface area (TPSA) is 72.1 Å². The van der Waals surface area contributed by atoms with Gasteiger partial charge in [-0.05, 0) is 23.8 Å². The zero-order valence-corrected chi connectivity index (χ0v) is 14.1. The molecule has 0 N–H and O–H groups in total. The molecule has 1 saturated heterocycles. The van der Waals surface area contributed by atoms with Gasteiger partial charge in [-0.3, -0.25) is 9.78 Å². The van der Waals surface area contributed by atoms with Gasteiger partial charge in [-0.1, -0.05) is 41.0 Å². The first-order valence-electron chi connectivity index (χ1n) is 7.97. The molecule has 0 bridgehead atoms. The minimum Gasteiger partial charge on any atom is -0.339 e. The number of carbonyl (C=O) groups excluding carboxylic acids is 1. The van der Waals surface area contributed by atoms with E-state index in [1.807, 2.05) is 42.5 Å². The first kappa shape index (κ1) is 15.8. The van der Waals surface area contributed by atoms with Crippen molar-refractivity contribution in [2.45, 2.75) is 18.9 Å². The summed E-state index contributed by atoms with van der Waals surface area (Å²) in [4.78, 5) is 22.7. The summed E-state index contributed by atoms with van der Waals surface area (Å²) in [7, 11) is 0. The van der Waals surface area contributed by atoms with E-state index in [2.05, 4.69) is 15.1 Å². The Morgan fingerprint density at radius 3 is 2.84 bits per heavy atom. The molecule has 3 heterocycles. The maximum absolute atomic E-state index is 12.3. The van der Waals surface area contributed by atoms with Crippen LogP contribution in [0.5, 0.6) is 0 Å². The van der Waals surface area contributed by atoms with E-state index in [-0.39, 0.29) is 11.8 Å². The van der Waals surface area contributed by atoms with Crippen molar-refractivity contribution in [3.8, 4) is 11.5 Å². The first-order valence-corrected chi connectivity index (χ1v) is 8.34. The second-order valence-corrected chi connectivity index (χ2v) is 6.35. The third kappa shape index (κ3) is 3.25. The number of halogens is 1. The number of hydrogen-bond acceptors (Lipinski definition) is 5. The van der Waals surface area contributed by atoms with E-state index >= 15 is 0 Å². The number of likely N-dealkylation sites (tertiary alicyclic amines) is 1. The molecule has 0 radical (unpaired) electrons. The highest BCUT2D eigenvalue weighted by Gasteiger charge is 2.34. The molecule has 7 heteroatoms. The Morgan fingerprint density at radius 2 is 2.04 bits per heavy atom. The third-order valence-electron chi connectivity index (χ3n) is 4.22.